The van der Waals surface area contributed by atoms with E-state index in [0.29, 0.717) is 37.3 Å². The molecule has 12 N–H and O–H groups in total. The Morgan fingerprint density at radius 2 is 0.589 bits per heavy atom. The van der Waals surface area contributed by atoms with E-state index in [1.165, 1.54) is 26.5 Å². The van der Waals surface area contributed by atoms with Crippen LogP contribution in [0.1, 0.15) is 123 Å². The van der Waals surface area contributed by atoms with Crippen molar-refractivity contribution in [1.82, 2.24) is 0 Å². The maximum Gasteiger partial charge on any atom is 0.165 e. The molecule has 18 nitrogen and oxygen atoms in total. The minimum atomic E-state index is -1.64. The first-order chi connectivity index (χ1) is 58.8. The van der Waals surface area contributed by atoms with E-state index in [2.05, 4.69) is 57.5 Å². The lowest BCUT2D eigenvalue weighted by Crippen LogP contribution is -2.47. The molecule has 0 aliphatic rings. The Balaban J connectivity index is 0.000000205. The molecule has 0 spiro atoms. The lowest BCUT2D eigenvalue weighted by Gasteiger charge is -2.26. The van der Waals surface area contributed by atoms with Gasteiger partial charge in [0.25, 0.3) is 0 Å². The minimum absolute atomic E-state index is 0.108. The van der Waals surface area contributed by atoms with Gasteiger partial charge in [0.1, 0.15) is 34.5 Å². The van der Waals surface area contributed by atoms with Gasteiger partial charge in [-0.3, -0.25) is 0 Å². The fourth-order valence-electron chi connectivity index (χ4n) is 12.9. The number of methoxy groups -OCH3 is 6. The molecule has 0 aliphatic heterocycles. The summed E-state index contributed by atoms with van der Waals surface area (Å²) < 4.78 is 31.0. The van der Waals surface area contributed by atoms with Crippen molar-refractivity contribution in [3.8, 4) is 69.0 Å². The molecular formula is C98H122O18P6Si2. The van der Waals surface area contributed by atoms with E-state index in [9.17, 15) is 61.3 Å². The molecule has 26 heteroatoms. The van der Waals surface area contributed by atoms with Crippen molar-refractivity contribution >= 4 is 142 Å². The molecule has 660 valence electrons. The van der Waals surface area contributed by atoms with E-state index in [-0.39, 0.29) is 71.7 Å². The number of ether oxygens (including phenoxy) is 6. The van der Waals surface area contributed by atoms with Crippen molar-refractivity contribution in [2.75, 3.05) is 42.7 Å². The van der Waals surface area contributed by atoms with Crippen LogP contribution in [0, 0.1) is 13.8 Å². The normalized spacial score (nSPS) is 13.0. The molecule has 124 heavy (non-hydrogen) atoms. The largest absolute Gasteiger partial charge is 0.507 e. The zero-order valence-electron chi connectivity index (χ0n) is 74.2. The first-order valence-corrected chi connectivity index (χ1v) is 53.3. The average molecular weight is 1830 g/mol. The third-order valence-corrected chi connectivity index (χ3v) is 32.4. The molecule has 0 saturated heterocycles. The number of para-hydroxylation sites is 2. The molecule has 0 saturated carbocycles. The van der Waals surface area contributed by atoms with Gasteiger partial charge in [-0.15, -0.1) is 0 Å². The number of hydrogen-bond donors (Lipinski definition) is 12. The zero-order valence-corrected chi connectivity index (χ0v) is 82.2. The summed E-state index contributed by atoms with van der Waals surface area (Å²) in [5.74, 6) is 4.81. The lowest BCUT2D eigenvalue weighted by molar-refractivity contribution is 0.200. The van der Waals surface area contributed by atoms with Crippen LogP contribution < -0.4 is 102 Å². The number of aliphatic hydroxyl groups excluding tert-OH is 6. The van der Waals surface area contributed by atoms with Gasteiger partial charge in [-0.25, -0.2) is 0 Å². The number of rotatable bonds is 26. The highest BCUT2D eigenvalue weighted by molar-refractivity contribution is 7.57. The summed E-state index contributed by atoms with van der Waals surface area (Å²) >= 11 is 0. The molecule has 12 atom stereocenters. The van der Waals surface area contributed by atoms with Crippen molar-refractivity contribution in [1.29, 1.82) is 0 Å². The standard InChI is InChI=1S/C20H31O2PSi2.C16H19O4P.2C16H19O3P.2C15H17O3P/c1-14(21)16-10-8-9-11-17(16)23-18-12-15(24(2,3)4)13-19(20(18)22)25(5,6)7;1-10(17)12-6-4-5-7-14(12)21-15-9-11(19-2)8-13(20-3)16(15)18;1-10-4-7-15(13(8-10)11(2)17)20-16-9-12(19-3)5-6-14(16)18;1-10-6-4-7-12(11(2)17)16(10)20-14-9-5-8-13(19-3)15(14)18;1-10(16)11-6-3-4-8-13(11)19-14-9-5-7-12(18-2)15(14)17;1-10(16)12-5-3-4-6-14(12)19-15-9-11(18-2)7-8-13(15)17/h8-14,21-23H,1-7H3;4-10,17-18,21H,1-3H3;2*4-9,11,17-18,20H,1-3H3;2*3-10,16-17,19H,1-2H3. The van der Waals surface area contributed by atoms with Gasteiger partial charge >= 0.3 is 0 Å². The second kappa shape index (κ2) is 48.6. The highest BCUT2D eigenvalue weighted by atomic mass is 31.1. The van der Waals surface area contributed by atoms with Crippen LogP contribution in [0.2, 0.25) is 39.3 Å². The van der Waals surface area contributed by atoms with Crippen molar-refractivity contribution in [3.05, 3.63) is 275 Å². The number of aliphatic hydroxyl groups is 6. The van der Waals surface area contributed by atoms with Crippen molar-refractivity contribution in [2.45, 2.75) is 131 Å². The Labute approximate surface area is 744 Å². The fourth-order valence-corrected chi connectivity index (χ4v) is 24.0. The third kappa shape index (κ3) is 29.3. The number of phenols is 6. The maximum atomic E-state index is 11.0. The molecule has 0 heterocycles. The summed E-state index contributed by atoms with van der Waals surface area (Å²) in [4.78, 5) is 0. The summed E-state index contributed by atoms with van der Waals surface area (Å²) in [7, 11) is 7.87. The van der Waals surface area contributed by atoms with Gasteiger partial charge in [-0.05, 0) is 186 Å². The molecule has 12 aromatic rings. The average Bonchev–Trinajstić information content (AvgIpc) is 0.781. The van der Waals surface area contributed by atoms with Crippen molar-refractivity contribution < 1.29 is 89.7 Å². The summed E-state index contributed by atoms with van der Waals surface area (Å²) in [5.41, 5.74) is 7.64. The first kappa shape index (κ1) is 102. The van der Waals surface area contributed by atoms with Crippen LogP contribution in [0.4, 0.5) is 0 Å². The maximum absolute atomic E-state index is 11.0. The monoisotopic (exact) mass is 1830 g/mol. The molecule has 12 aromatic carbocycles. The quantitative estimate of drug-likeness (QED) is 0.0177. The van der Waals surface area contributed by atoms with E-state index >= 15 is 0 Å². The minimum Gasteiger partial charge on any atom is -0.507 e. The zero-order chi connectivity index (χ0) is 91.4. The first-order valence-electron chi connectivity index (χ1n) is 40.3. The number of aromatic hydroxyl groups is 6. The lowest BCUT2D eigenvalue weighted by atomic mass is 10.1. The number of hydrogen-bond acceptors (Lipinski definition) is 18. The van der Waals surface area contributed by atoms with Crippen LogP contribution >= 0.6 is 51.5 Å². The van der Waals surface area contributed by atoms with Gasteiger partial charge in [-0.1, -0.05) is 271 Å². The summed E-state index contributed by atoms with van der Waals surface area (Å²) in [6.07, 6.45) is -3.13. The van der Waals surface area contributed by atoms with Crippen LogP contribution in [0.3, 0.4) is 0 Å². The Morgan fingerprint density at radius 1 is 0.258 bits per heavy atom. The van der Waals surface area contributed by atoms with Gasteiger partial charge in [0.15, 0.2) is 34.5 Å². The second-order valence-electron chi connectivity index (χ2n) is 31.4. The number of phenolic OH excluding ortho intramolecular Hbond substituents is 6. The van der Waals surface area contributed by atoms with E-state index in [4.69, 9.17) is 28.4 Å². The fraction of sp³-hybridized carbons (Fsp3) is 0.265. The third-order valence-electron chi connectivity index (χ3n) is 19.8. The highest BCUT2D eigenvalue weighted by Gasteiger charge is 2.28. The second-order valence-corrected chi connectivity index (χ2v) is 49.5. The molecular weight excluding hydrogens is 1710 g/mol. The smallest absolute Gasteiger partial charge is 0.165 e. The number of aryl methyl sites for hydroxylation is 2. The van der Waals surface area contributed by atoms with Crippen molar-refractivity contribution in [3.63, 3.8) is 0 Å². The van der Waals surface area contributed by atoms with Gasteiger partial charge < -0.3 is 89.7 Å². The topological polar surface area (TPSA) is 298 Å². The SMILES string of the molecule is CC(O)c1ccccc1Pc1cc([Si](C)(C)C)cc([Si](C)(C)C)c1O.COc1cc(OC)c(O)c(Pc2ccccc2C(C)O)c1.COc1ccc(O)c(Pc2ccc(C)cc2C(C)O)c1.COc1ccc(O)c(Pc2ccccc2C(C)O)c1.COc1cccc(Pc2c(C)cccc2C(C)O)c1O.COc1cccc(Pc2ccccc2C(C)O)c1O. The molecule has 0 fully saturated rings. The molecule has 12 rings (SSSR count). The highest BCUT2D eigenvalue weighted by Crippen LogP contribution is 2.37. The van der Waals surface area contributed by atoms with Gasteiger partial charge in [-0.2, -0.15) is 0 Å². The Kier molecular flexibility index (Phi) is 40.1. The Bertz CT molecular complexity index is 5400. The van der Waals surface area contributed by atoms with Gasteiger partial charge in [0, 0.05) is 37.9 Å². The van der Waals surface area contributed by atoms with Crippen LogP contribution in [0.5, 0.6) is 69.0 Å². The molecule has 0 amide bonds. The van der Waals surface area contributed by atoms with E-state index < -0.39 is 52.8 Å². The molecule has 0 radical (unpaired) electrons. The van der Waals surface area contributed by atoms with Crippen LogP contribution in [-0.4, -0.2) is 120 Å². The molecule has 0 aliphatic carbocycles. The van der Waals surface area contributed by atoms with E-state index in [0.717, 1.165) is 125 Å². The van der Waals surface area contributed by atoms with Crippen LogP contribution in [0.15, 0.2) is 231 Å². The Hall–Kier alpha value is -8.99. The number of benzene rings is 12. The molecule has 0 aromatic heterocycles. The molecule has 12 unspecified atom stereocenters. The van der Waals surface area contributed by atoms with Crippen LogP contribution in [0.25, 0.3) is 0 Å². The van der Waals surface area contributed by atoms with E-state index in [1.54, 1.807) is 111 Å². The van der Waals surface area contributed by atoms with E-state index in [1.807, 2.05) is 178 Å². The summed E-state index contributed by atoms with van der Waals surface area (Å²) in [6, 6.07) is 72.2. The van der Waals surface area contributed by atoms with Gasteiger partial charge in [0.05, 0.1) is 95.4 Å². The van der Waals surface area contributed by atoms with Crippen LogP contribution in [-0.2, 0) is 0 Å². The Morgan fingerprint density at radius 3 is 0.968 bits per heavy atom. The predicted octanol–water partition coefficient (Wildman–Crippen LogP) is 14.2. The molecule has 0 bridgehead atoms. The summed E-state index contributed by atoms with van der Waals surface area (Å²) in [6.45, 7) is 28.5. The van der Waals surface area contributed by atoms with Gasteiger partial charge in [0.2, 0.25) is 0 Å². The predicted molar refractivity (Wildman–Crippen MR) is 531 cm³/mol. The summed E-state index contributed by atoms with van der Waals surface area (Å²) in [5, 5.41) is 135. The van der Waals surface area contributed by atoms with Crippen molar-refractivity contribution in [2.24, 2.45) is 0 Å².